The summed E-state index contributed by atoms with van der Waals surface area (Å²) in [5.41, 5.74) is 1.54. The van der Waals surface area contributed by atoms with E-state index in [-0.39, 0.29) is 6.61 Å². The first-order chi connectivity index (χ1) is 11.4. The molecule has 2 aromatic rings. The highest BCUT2D eigenvalue weighted by atomic mass is 79.9. The molecule has 0 radical (unpaired) electrons. The van der Waals surface area contributed by atoms with E-state index in [1.165, 1.54) is 13.2 Å². The Balaban J connectivity index is 2.24. The fourth-order valence-corrected chi connectivity index (χ4v) is 3.03. The molecule has 3 nitrogen and oxygen atoms in total. The van der Waals surface area contributed by atoms with Gasteiger partial charge in [0.15, 0.2) is 11.5 Å². The van der Waals surface area contributed by atoms with Crippen molar-refractivity contribution in [2.75, 3.05) is 7.11 Å². The highest BCUT2D eigenvalue weighted by Gasteiger charge is 2.12. The number of benzene rings is 2. The fourth-order valence-electron chi connectivity index (χ4n) is 1.93. The molecule has 0 aromatic heterocycles. The summed E-state index contributed by atoms with van der Waals surface area (Å²) in [5, 5.41) is 0.535. The molecule has 0 aliphatic carbocycles. The molecule has 0 amide bonds. The summed E-state index contributed by atoms with van der Waals surface area (Å²) in [7, 11) is 1.53. The molecule has 0 aliphatic heterocycles. The lowest BCUT2D eigenvalue weighted by atomic mass is 10.2. The Morgan fingerprint density at radius 3 is 2.62 bits per heavy atom. The number of halogens is 4. The Bertz CT molecular complexity index is 791. The Kier molecular flexibility index (Phi) is 6.99. The molecule has 0 atom stereocenters. The van der Waals surface area contributed by atoms with Gasteiger partial charge in [0.05, 0.1) is 11.6 Å². The zero-order chi connectivity index (χ0) is 17.7. The average molecular weight is 451 g/mol. The second kappa shape index (κ2) is 8.77. The third-order valence-corrected chi connectivity index (χ3v) is 4.35. The highest BCUT2D eigenvalue weighted by Crippen LogP contribution is 2.38. The molecular weight excluding hydrogens is 438 g/mol. The van der Waals surface area contributed by atoms with Crippen LogP contribution in [0.15, 0.2) is 40.9 Å². The van der Waals surface area contributed by atoms with Gasteiger partial charge < -0.3 is 9.47 Å². The molecule has 0 aliphatic rings. The van der Waals surface area contributed by atoms with Crippen molar-refractivity contribution in [1.29, 1.82) is 0 Å². The first-order valence-electron chi connectivity index (χ1n) is 6.72. The van der Waals surface area contributed by atoms with Crippen LogP contribution in [0.2, 0.25) is 10.0 Å². The van der Waals surface area contributed by atoms with Crippen LogP contribution in [0, 0.1) is 0 Å². The molecule has 0 fully saturated rings. The van der Waals surface area contributed by atoms with Crippen LogP contribution in [-0.2, 0) is 11.4 Å². The van der Waals surface area contributed by atoms with Crippen molar-refractivity contribution in [1.82, 2.24) is 0 Å². The highest BCUT2D eigenvalue weighted by molar-refractivity contribution is 9.10. The zero-order valence-electron chi connectivity index (χ0n) is 12.5. The predicted molar refractivity (Wildman–Crippen MR) is 101 cm³/mol. The molecule has 126 valence electrons. The molecule has 7 heteroatoms. The molecular formula is C17H12BrCl3O3. The smallest absolute Gasteiger partial charge is 0.245 e. The van der Waals surface area contributed by atoms with Gasteiger partial charge in [-0.15, -0.1) is 0 Å². The van der Waals surface area contributed by atoms with E-state index in [0.29, 0.717) is 26.0 Å². The van der Waals surface area contributed by atoms with Crippen molar-refractivity contribution in [3.63, 3.8) is 0 Å². The summed E-state index contributed by atoms with van der Waals surface area (Å²) in [6, 6.07) is 8.73. The number of carbonyl (C=O) groups excluding carboxylic acids is 1. The van der Waals surface area contributed by atoms with Crippen molar-refractivity contribution in [3.05, 3.63) is 62.1 Å². The Morgan fingerprint density at radius 1 is 1.25 bits per heavy atom. The van der Waals surface area contributed by atoms with E-state index in [4.69, 9.17) is 44.3 Å². The van der Waals surface area contributed by atoms with Crippen LogP contribution < -0.4 is 9.47 Å². The SMILES string of the molecule is COc1cc(/C=C/C(=O)Cl)cc(Br)c1OCc1ccc(Cl)cc1Cl. The number of rotatable bonds is 6. The average Bonchev–Trinajstić information content (AvgIpc) is 2.52. The topological polar surface area (TPSA) is 35.5 Å². The van der Waals surface area contributed by atoms with Gasteiger partial charge >= 0.3 is 0 Å². The lowest BCUT2D eigenvalue weighted by Crippen LogP contribution is -1.99. The maximum atomic E-state index is 10.8. The summed E-state index contributed by atoms with van der Waals surface area (Å²) >= 11 is 20.8. The standard InChI is InChI=1S/C17H12BrCl3O3/c1-23-15-7-10(2-5-16(21)22)6-13(18)17(15)24-9-11-3-4-12(19)8-14(11)20/h2-8H,9H2,1H3/b5-2+. The van der Waals surface area contributed by atoms with E-state index in [2.05, 4.69) is 15.9 Å². The van der Waals surface area contributed by atoms with Gasteiger partial charge in [0.25, 0.3) is 0 Å². The maximum Gasteiger partial charge on any atom is 0.245 e. The number of allylic oxidation sites excluding steroid dienone is 1. The Labute approximate surface area is 163 Å². The molecule has 2 aromatic carbocycles. The fraction of sp³-hybridized carbons (Fsp3) is 0.118. The lowest BCUT2D eigenvalue weighted by Gasteiger charge is -2.14. The quantitative estimate of drug-likeness (QED) is 0.393. The third-order valence-electron chi connectivity index (χ3n) is 3.05. The molecule has 0 unspecified atom stereocenters. The summed E-state index contributed by atoms with van der Waals surface area (Å²) in [6.07, 6.45) is 2.85. The Morgan fingerprint density at radius 2 is 2.00 bits per heavy atom. The van der Waals surface area contributed by atoms with Gasteiger partial charge in [-0.3, -0.25) is 4.79 Å². The van der Waals surface area contributed by atoms with Gasteiger partial charge in [0.2, 0.25) is 5.24 Å². The van der Waals surface area contributed by atoms with E-state index >= 15 is 0 Å². The van der Waals surface area contributed by atoms with Gasteiger partial charge in [0.1, 0.15) is 6.61 Å². The molecule has 0 saturated carbocycles. The molecule has 0 spiro atoms. The van der Waals surface area contributed by atoms with Crippen LogP contribution in [0.25, 0.3) is 6.08 Å². The number of methoxy groups -OCH3 is 1. The molecule has 0 N–H and O–H groups in total. The van der Waals surface area contributed by atoms with Crippen LogP contribution in [-0.4, -0.2) is 12.4 Å². The van der Waals surface area contributed by atoms with E-state index < -0.39 is 5.24 Å². The van der Waals surface area contributed by atoms with E-state index in [0.717, 1.165) is 11.1 Å². The second-order valence-corrected chi connectivity index (χ2v) is 6.77. The van der Waals surface area contributed by atoms with Crippen molar-refractivity contribution in [2.24, 2.45) is 0 Å². The van der Waals surface area contributed by atoms with Gasteiger partial charge in [-0.25, -0.2) is 0 Å². The van der Waals surface area contributed by atoms with Crippen molar-refractivity contribution < 1.29 is 14.3 Å². The normalized spacial score (nSPS) is 10.9. The number of hydrogen-bond acceptors (Lipinski definition) is 3. The molecule has 24 heavy (non-hydrogen) atoms. The molecule has 0 heterocycles. The zero-order valence-corrected chi connectivity index (χ0v) is 16.3. The lowest BCUT2D eigenvalue weighted by molar-refractivity contribution is -0.107. The summed E-state index contributed by atoms with van der Waals surface area (Å²) in [6.45, 7) is 0.250. The maximum absolute atomic E-state index is 10.8. The summed E-state index contributed by atoms with van der Waals surface area (Å²) in [4.78, 5) is 10.8. The Hall–Kier alpha value is -1.20. The summed E-state index contributed by atoms with van der Waals surface area (Å²) in [5.74, 6) is 1.04. The minimum atomic E-state index is -0.553. The minimum absolute atomic E-state index is 0.250. The van der Waals surface area contributed by atoms with Crippen LogP contribution in [0.1, 0.15) is 11.1 Å². The van der Waals surface area contributed by atoms with Gasteiger partial charge in [-0.1, -0.05) is 29.3 Å². The summed E-state index contributed by atoms with van der Waals surface area (Å²) < 4.78 is 11.9. The van der Waals surface area contributed by atoms with Crippen LogP contribution in [0.4, 0.5) is 0 Å². The second-order valence-electron chi connectivity index (χ2n) is 4.70. The van der Waals surface area contributed by atoms with Crippen molar-refractivity contribution in [3.8, 4) is 11.5 Å². The van der Waals surface area contributed by atoms with Gasteiger partial charge in [-0.05, 0) is 69.5 Å². The largest absolute Gasteiger partial charge is 0.493 e. The van der Waals surface area contributed by atoms with E-state index in [1.54, 1.807) is 36.4 Å². The molecule has 0 saturated heterocycles. The van der Waals surface area contributed by atoms with Crippen LogP contribution in [0.3, 0.4) is 0 Å². The van der Waals surface area contributed by atoms with Crippen molar-refractivity contribution in [2.45, 2.75) is 6.61 Å². The number of carbonyl (C=O) groups is 1. The molecule has 2 rings (SSSR count). The monoisotopic (exact) mass is 448 g/mol. The first kappa shape index (κ1) is 19.1. The number of ether oxygens (including phenoxy) is 2. The van der Waals surface area contributed by atoms with Gasteiger partial charge in [0, 0.05) is 15.6 Å². The van der Waals surface area contributed by atoms with Gasteiger partial charge in [-0.2, -0.15) is 0 Å². The molecule has 0 bridgehead atoms. The minimum Gasteiger partial charge on any atom is -0.493 e. The van der Waals surface area contributed by atoms with Crippen molar-refractivity contribution >= 4 is 62.1 Å². The third kappa shape index (κ3) is 5.15. The predicted octanol–water partition coefficient (Wildman–Crippen LogP) is 6.12. The van der Waals surface area contributed by atoms with Crippen LogP contribution >= 0.6 is 50.7 Å². The van der Waals surface area contributed by atoms with Crippen LogP contribution in [0.5, 0.6) is 11.5 Å². The van der Waals surface area contributed by atoms with E-state index in [9.17, 15) is 4.79 Å². The van der Waals surface area contributed by atoms with E-state index in [1.807, 2.05) is 0 Å². The number of hydrogen-bond donors (Lipinski definition) is 0. The first-order valence-corrected chi connectivity index (χ1v) is 8.65.